The molecular weight excluding hydrogens is 342 g/mol. The van der Waals surface area contributed by atoms with E-state index in [1.807, 2.05) is 0 Å². The van der Waals surface area contributed by atoms with Gasteiger partial charge in [0, 0.05) is 19.1 Å². The zero-order chi connectivity index (χ0) is 18.5. The molecule has 3 rings (SSSR count). The van der Waals surface area contributed by atoms with Gasteiger partial charge in [-0.25, -0.2) is 8.78 Å². The van der Waals surface area contributed by atoms with Gasteiger partial charge in [-0.1, -0.05) is 18.2 Å². The molecule has 1 aliphatic heterocycles. The van der Waals surface area contributed by atoms with E-state index in [4.69, 9.17) is 9.84 Å². The van der Waals surface area contributed by atoms with E-state index in [0.717, 1.165) is 5.56 Å². The van der Waals surface area contributed by atoms with Gasteiger partial charge in [0.25, 0.3) is 5.91 Å². The first-order valence-corrected chi connectivity index (χ1v) is 8.37. The molecule has 0 aliphatic carbocycles. The summed E-state index contributed by atoms with van der Waals surface area (Å²) >= 11 is 0. The second-order valence-electron chi connectivity index (χ2n) is 6.16. The first kappa shape index (κ1) is 18.1. The van der Waals surface area contributed by atoms with Crippen molar-refractivity contribution in [2.24, 2.45) is 0 Å². The van der Waals surface area contributed by atoms with Crippen LogP contribution >= 0.6 is 0 Å². The number of ether oxygens (including phenoxy) is 1. The van der Waals surface area contributed by atoms with E-state index in [1.54, 1.807) is 29.2 Å². The van der Waals surface area contributed by atoms with E-state index < -0.39 is 11.6 Å². The van der Waals surface area contributed by atoms with Crippen molar-refractivity contribution in [3.63, 3.8) is 0 Å². The number of amides is 1. The highest BCUT2D eigenvalue weighted by Crippen LogP contribution is 2.22. The van der Waals surface area contributed by atoms with Crippen molar-refractivity contribution in [3.05, 3.63) is 59.7 Å². The van der Waals surface area contributed by atoms with E-state index in [0.29, 0.717) is 25.3 Å². The predicted octanol–water partition coefficient (Wildman–Crippen LogP) is 2.55. The summed E-state index contributed by atoms with van der Waals surface area (Å²) in [5.41, 5.74) is 0.601. The van der Waals surface area contributed by atoms with Gasteiger partial charge in [-0.3, -0.25) is 4.79 Å². The molecule has 5 nitrogen and oxygen atoms in total. The average Bonchev–Trinajstić information content (AvgIpc) is 3.12. The van der Waals surface area contributed by atoms with Crippen molar-refractivity contribution in [2.45, 2.75) is 19.1 Å². The van der Waals surface area contributed by atoms with Crippen molar-refractivity contribution in [1.82, 2.24) is 4.90 Å². The number of para-hydroxylation sites is 1. The number of carbonyl (C=O) groups is 1. The summed E-state index contributed by atoms with van der Waals surface area (Å²) in [5, 5.41) is 11.8. The minimum absolute atomic E-state index is 0.0516. The van der Waals surface area contributed by atoms with Crippen LogP contribution in [0.1, 0.15) is 12.0 Å². The van der Waals surface area contributed by atoms with Crippen LogP contribution in [-0.2, 0) is 11.4 Å². The molecule has 0 radical (unpaired) electrons. The Balaban J connectivity index is 1.50. The Kier molecular flexibility index (Phi) is 5.68. The third kappa shape index (κ3) is 4.29. The van der Waals surface area contributed by atoms with Gasteiger partial charge < -0.3 is 20.1 Å². The van der Waals surface area contributed by atoms with Gasteiger partial charge in [-0.05, 0) is 36.2 Å². The average molecular weight is 362 g/mol. The van der Waals surface area contributed by atoms with Crippen LogP contribution in [0.5, 0.6) is 5.75 Å². The van der Waals surface area contributed by atoms with Crippen LogP contribution in [0.2, 0.25) is 0 Å². The van der Waals surface area contributed by atoms with Gasteiger partial charge in [0.05, 0.1) is 6.61 Å². The third-order valence-electron chi connectivity index (χ3n) is 4.32. The second-order valence-corrected chi connectivity index (χ2v) is 6.16. The standard InChI is InChI=1S/C19H20F2N2O3/c20-16-2-1-3-17(21)19(16)22-14-8-9-23(10-14)18(25)12-26-15-6-4-13(11-24)5-7-15/h1-7,14,22,24H,8-12H2. The van der Waals surface area contributed by atoms with Gasteiger partial charge in [0.15, 0.2) is 6.61 Å². The van der Waals surface area contributed by atoms with Crippen molar-refractivity contribution in [1.29, 1.82) is 0 Å². The molecule has 0 bridgehead atoms. The zero-order valence-electron chi connectivity index (χ0n) is 14.1. The Labute approximate surface area is 150 Å². The van der Waals surface area contributed by atoms with Crippen LogP contribution < -0.4 is 10.1 Å². The summed E-state index contributed by atoms with van der Waals surface area (Å²) in [6.07, 6.45) is 0.602. The number of nitrogens with one attached hydrogen (secondary N) is 1. The van der Waals surface area contributed by atoms with E-state index in [1.165, 1.54) is 18.2 Å². The number of halogens is 2. The maximum absolute atomic E-state index is 13.7. The quantitative estimate of drug-likeness (QED) is 0.829. The smallest absolute Gasteiger partial charge is 0.260 e. The molecule has 0 spiro atoms. The fourth-order valence-corrected chi connectivity index (χ4v) is 2.87. The summed E-state index contributed by atoms with van der Waals surface area (Å²) in [4.78, 5) is 13.9. The first-order valence-electron chi connectivity index (χ1n) is 8.37. The van der Waals surface area contributed by atoms with Crippen LogP contribution in [0, 0.1) is 11.6 Å². The number of hydrogen-bond acceptors (Lipinski definition) is 4. The lowest BCUT2D eigenvalue weighted by atomic mass is 10.2. The van der Waals surface area contributed by atoms with Gasteiger partial charge in [0.1, 0.15) is 23.1 Å². The van der Waals surface area contributed by atoms with Crippen LogP contribution in [0.3, 0.4) is 0 Å². The number of hydrogen-bond donors (Lipinski definition) is 2. The highest BCUT2D eigenvalue weighted by atomic mass is 19.1. The fraction of sp³-hybridized carbons (Fsp3) is 0.316. The molecule has 0 aromatic heterocycles. The number of aliphatic hydroxyl groups is 1. The van der Waals surface area contributed by atoms with Crippen molar-refractivity contribution in [3.8, 4) is 5.75 Å². The summed E-state index contributed by atoms with van der Waals surface area (Å²) in [5.74, 6) is -0.943. The van der Waals surface area contributed by atoms with Gasteiger partial charge in [-0.15, -0.1) is 0 Å². The normalized spacial score (nSPS) is 16.6. The Morgan fingerprint density at radius 1 is 1.19 bits per heavy atom. The van der Waals surface area contributed by atoms with Crippen LogP contribution in [0.15, 0.2) is 42.5 Å². The maximum atomic E-state index is 13.7. The topological polar surface area (TPSA) is 61.8 Å². The summed E-state index contributed by atoms with van der Waals surface area (Å²) in [6.45, 7) is 0.696. The minimum atomic E-state index is -0.649. The largest absolute Gasteiger partial charge is 0.484 e. The SMILES string of the molecule is O=C(COc1ccc(CO)cc1)N1CCC(Nc2c(F)cccc2F)C1. The molecule has 1 heterocycles. The van der Waals surface area contributed by atoms with Gasteiger partial charge in [-0.2, -0.15) is 0 Å². The Bertz CT molecular complexity index is 748. The van der Waals surface area contributed by atoms with E-state index in [-0.39, 0.29) is 30.9 Å². The lowest BCUT2D eigenvalue weighted by Gasteiger charge is -2.18. The molecule has 138 valence electrons. The van der Waals surface area contributed by atoms with Crippen molar-refractivity contribution < 1.29 is 23.4 Å². The van der Waals surface area contributed by atoms with Crippen molar-refractivity contribution in [2.75, 3.05) is 25.0 Å². The minimum Gasteiger partial charge on any atom is -0.484 e. The highest BCUT2D eigenvalue weighted by Gasteiger charge is 2.27. The van der Waals surface area contributed by atoms with Gasteiger partial charge in [0.2, 0.25) is 0 Å². The number of rotatable bonds is 6. The number of carbonyl (C=O) groups excluding carboxylic acids is 1. The molecule has 1 fully saturated rings. The number of nitrogens with zero attached hydrogens (tertiary/aromatic N) is 1. The molecule has 1 amide bonds. The molecule has 1 unspecified atom stereocenters. The molecule has 26 heavy (non-hydrogen) atoms. The van der Waals surface area contributed by atoms with Gasteiger partial charge >= 0.3 is 0 Å². The predicted molar refractivity (Wildman–Crippen MR) is 92.8 cm³/mol. The summed E-state index contributed by atoms with van der Waals surface area (Å²) in [7, 11) is 0. The zero-order valence-corrected chi connectivity index (χ0v) is 14.1. The number of likely N-dealkylation sites (tertiary alicyclic amines) is 1. The fourth-order valence-electron chi connectivity index (χ4n) is 2.87. The van der Waals surface area contributed by atoms with Crippen LogP contribution in [0.4, 0.5) is 14.5 Å². The molecule has 2 aromatic carbocycles. The van der Waals surface area contributed by atoms with E-state index >= 15 is 0 Å². The molecule has 7 heteroatoms. The summed E-state index contributed by atoms with van der Waals surface area (Å²) < 4.78 is 32.9. The Hall–Kier alpha value is -2.67. The monoisotopic (exact) mass is 362 g/mol. The van der Waals surface area contributed by atoms with Crippen LogP contribution in [0.25, 0.3) is 0 Å². The second kappa shape index (κ2) is 8.14. The maximum Gasteiger partial charge on any atom is 0.260 e. The molecule has 2 aromatic rings. The van der Waals surface area contributed by atoms with E-state index in [2.05, 4.69) is 5.32 Å². The van der Waals surface area contributed by atoms with Crippen LogP contribution in [-0.4, -0.2) is 41.7 Å². The number of anilines is 1. The number of benzene rings is 2. The highest BCUT2D eigenvalue weighted by molar-refractivity contribution is 5.78. The molecule has 1 aliphatic rings. The lowest BCUT2D eigenvalue weighted by molar-refractivity contribution is -0.132. The third-order valence-corrected chi connectivity index (χ3v) is 4.32. The molecule has 1 atom stereocenters. The Morgan fingerprint density at radius 2 is 1.88 bits per heavy atom. The number of aliphatic hydroxyl groups excluding tert-OH is 1. The van der Waals surface area contributed by atoms with Crippen molar-refractivity contribution >= 4 is 11.6 Å². The lowest BCUT2D eigenvalue weighted by Crippen LogP contribution is -2.35. The first-order chi connectivity index (χ1) is 12.6. The molecule has 0 saturated carbocycles. The van der Waals surface area contributed by atoms with E-state index in [9.17, 15) is 13.6 Å². The molecule has 2 N–H and O–H groups in total. The summed E-state index contributed by atoms with van der Waals surface area (Å²) in [6, 6.07) is 10.3. The Morgan fingerprint density at radius 3 is 2.54 bits per heavy atom. The molecule has 1 saturated heterocycles. The molecular formula is C19H20F2N2O3.